The molecule has 0 saturated carbocycles. The van der Waals surface area contributed by atoms with E-state index in [1.165, 1.54) is 0 Å². The van der Waals surface area contributed by atoms with E-state index >= 15 is 0 Å². The van der Waals surface area contributed by atoms with Crippen molar-refractivity contribution in [2.24, 2.45) is 0 Å². The van der Waals surface area contributed by atoms with Gasteiger partial charge in [-0.25, -0.2) is 4.79 Å². The van der Waals surface area contributed by atoms with E-state index in [9.17, 15) is 4.79 Å². The van der Waals surface area contributed by atoms with E-state index in [4.69, 9.17) is 4.74 Å². The summed E-state index contributed by atoms with van der Waals surface area (Å²) in [5.74, 6) is 0.785. The Bertz CT molecular complexity index is 415. The van der Waals surface area contributed by atoms with E-state index in [1.54, 1.807) is 19.1 Å². The molecule has 0 atom stereocenters. The minimum Gasteiger partial charge on any atom is -0.497 e. The van der Waals surface area contributed by atoms with E-state index in [0.29, 0.717) is 6.54 Å². The number of anilines is 1. The molecule has 1 aliphatic rings. The van der Waals surface area contributed by atoms with E-state index in [0.717, 1.165) is 22.6 Å². The Morgan fingerprint density at radius 3 is 2.87 bits per heavy atom. The average Bonchev–Trinajstić information content (AvgIpc) is 2.23. The maximum Gasteiger partial charge on any atom is 0.321 e. The van der Waals surface area contributed by atoms with Crippen molar-refractivity contribution >= 4 is 11.7 Å². The van der Waals surface area contributed by atoms with Gasteiger partial charge in [-0.1, -0.05) is 0 Å². The topological polar surface area (TPSA) is 41.6 Å². The summed E-state index contributed by atoms with van der Waals surface area (Å²) < 4.78 is 5.19. The quantitative estimate of drug-likeness (QED) is 0.759. The molecule has 1 heterocycles. The molecule has 0 fully saturated rings. The van der Waals surface area contributed by atoms with Gasteiger partial charge < -0.3 is 10.1 Å². The molecule has 1 aliphatic heterocycles. The van der Waals surface area contributed by atoms with Crippen molar-refractivity contribution in [2.45, 2.75) is 13.5 Å². The summed E-state index contributed by atoms with van der Waals surface area (Å²) in [6.45, 7) is 2.61. The molecule has 80 valence electrons. The van der Waals surface area contributed by atoms with Gasteiger partial charge in [0.2, 0.25) is 0 Å². The fourth-order valence-electron chi connectivity index (χ4n) is 1.81. The van der Waals surface area contributed by atoms with Crippen LogP contribution in [0.3, 0.4) is 0 Å². The van der Waals surface area contributed by atoms with Crippen LogP contribution in [0, 0.1) is 6.92 Å². The Hall–Kier alpha value is -1.71. The summed E-state index contributed by atoms with van der Waals surface area (Å²) >= 11 is 0. The minimum absolute atomic E-state index is 0.0739. The molecule has 0 unspecified atom stereocenters. The van der Waals surface area contributed by atoms with Crippen molar-refractivity contribution in [2.75, 3.05) is 19.1 Å². The maximum atomic E-state index is 11.4. The summed E-state index contributed by atoms with van der Waals surface area (Å²) in [5.41, 5.74) is 3.21. The van der Waals surface area contributed by atoms with Crippen molar-refractivity contribution in [3.63, 3.8) is 0 Å². The molecule has 0 saturated heterocycles. The van der Waals surface area contributed by atoms with Gasteiger partial charge in [0.25, 0.3) is 0 Å². The van der Waals surface area contributed by atoms with E-state index in [1.807, 2.05) is 19.1 Å². The number of fused-ring (bicyclic) bond motifs is 1. The second-order valence-corrected chi connectivity index (χ2v) is 3.66. The van der Waals surface area contributed by atoms with Crippen molar-refractivity contribution in [1.82, 2.24) is 5.32 Å². The van der Waals surface area contributed by atoms with Crippen molar-refractivity contribution in [3.8, 4) is 5.75 Å². The molecule has 15 heavy (non-hydrogen) atoms. The van der Waals surface area contributed by atoms with Crippen LogP contribution in [0.5, 0.6) is 5.75 Å². The molecular weight excluding hydrogens is 192 g/mol. The van der Waals surface area contributed by atoms with Crippen LogP contribution in [-0.2, 0) is 6.54 Å². The molecule has 1 N–H and O–H groups in total. The smallest absolute Gasteiger partial charge is 0.321 e. The number of rotatable bonds is 1. The highest BCUT2D eigenvalue weighted by Crippen LogP contribution is 2.30. The van der Waals surface area contributed by atoms with Crippen LogP contribution in [0.25, 0.3) is 0 Å². The second kappa shape index (κ2) is 3.46. The number of nitrogens with one attached hydrogen (secondary N) is 1. The van der Waals surface area contributed by atoms with Crippen LogP contribution in [0.2, 0.25) is 0 Å². The lowest BCUT2D eigenvalue weighted by atomic mass is 10.0. The van der Waals surface area contributed by atoms with Gasteiger partial charge in [0.05, 0.1) is 12.8 Å². The number of amides is 2. The van der Waals surface area contributed by atoms with E-state index < -0.39 is 0 Å². The number of carbonyl (C=O) groups excluding carboxylic acids is 1. The predicted octanol–water partition coefficient (Wildman–Crippen LogP) is 1.66. The normalized spacial score (nSPS) is 14.6. The number of ether oxygens (including phenoxy) is 1. The fourth-order valence-corrected chi connectivity index (χ4v) is 1.81. The molecule has 4 heteroatoms. The van der Waals surface area contributed by atoms with Crippen molar-refractivity contribution in [3.05, 3.63) is 23.3 Å². The molecular formula is C11H14N2O2. The number of hydrogen-bond donors (Lipinski definition) is 1. The third kappa shape index (κ3) is 1.52. The first-order valence-corrected chi connectivity index (χ1v) is 4.82. The predicted molar refractivity (Wildman–Crippen MR) is 58.4 cm³/mol. The standard InChI is InChI=1S/C11H14N2O2/c1-7-4-8(15-3)5-10-9(7)6-12-11(14)13(10)2/h4-5H,6H2,1-3H3,(H,12,14). The second-order valence-electron chi connectivity index (χ2n) is 3.66. The van der Waals surface area contributed by atoms with Gasteiger partial charge in [0.15, 0.2) is 0 Å². The summed E-state index contributed by atoms with van der Waals surface area (Å²) in [6.07, 6.45) is 0. The maximum absolute atomic E-state index is 11.4. The highest BCUT2D eigenvalue weighted by molar-refractivity contribution is 5.94. The van der Waals surface area contributed by atoms with Gasteiger partial charge in [-0.15, -0.1) is 0 Å². The number of benzene rings is 1. The Labute approximate surface area is 88.8 Å². The molecule has 2 rings (SSSR count). The molecule has 1 aromatic rings. The Balaban J connectivity index is 2.55. The van der Waals surface area contributed by atoms with Crippen LogP contribution in [0.1, 0.15) is 11.1 Å². The van der Waals surface area contributed by atoms with E-state index in [2.05, 4.69) is 5.32 Å². The van der Waals surface area contributed by atoms with Crippen molar-refractivity contribution in [1.29, 1.82) is 0 Å². The first-order valence-electron chi connectivity index (χ1n) is 4.82. The van der Waals surface area contributed by atoms with Crippen LogP contribution < -0.4 is 15.0 Å². The Morgan fingerprint density at radius 2 is 2.20 bits per heavy atom. The van der Waals surface area contributed by atoms with Crippen LogP contribution in [0.4, 0.5) is 10.5 Å². The zero-order chi connectivity index (χ0) is 11.0. The van der Waals surface area contributed by atoms with Gasteiger partial charge in [0, 0.05) is 19.7 Å². The third-order valence-electron chi connectivity index (χ3n) is 2.74. The first kappa shape index (κ1) is 9.83. The minimum atomic E-state index is -0.0739. The Kier molecular flexibility index (Phi) is 2.26. The molecule has 2 amide bonds. The first-order chi connectivity index (χ1) is 7.13. The molecule has 1 aromatic carbocycles. The lowest BCUT2D eigenvalue weighted by Crippen LogP contribution is -2.41. The van der Waals surface area contributed by atoms with Crippen molar-refractivity contribution < 1.29 is 9.53 Å². The number of aryl methyl sites for hydroxylation is 1. The van der Waals surface area contributed by atoms with Gasteiger partial charge in [-0.3, -0.25) is 4.90 Å². The largest absolute Gasteiger partial charge is 0.497 e. The highest BCUT2D eigenvalue weighted by Gasteiger charge is 2.22. The van der Waals surface area contributed by atoms with Gasteiger partial charge in [-0.05, 0) is 24.1 Å². The SMILES string of the molecule is COc1cc(C)c2c(c1)N(C)C(=O)NC2. The number of nitrogens with zero attached hydrogens (tertiary/aromatic N) is 1. The summed E-state index contributed by atoms with van der Waals surface area (Å²) in [6, 6.07) is 3.79. The number of urea groups is 1. The van der Waals surface area contributed by atoms with Crippen LogP contribution in [-0.4, -0.2) is 20.2 Å². The molecule has 0 spiro atoms. The summed E-state index contributed by atoms with van der Waals surface area (Å²) in [5, 5.41) is 2.81. The summed E-state index contributed by atoms with van der Waals surface area (Å²) in [4.78, 5) is 13.0. The number of carbonyl (C=O) groups is 1. The van der Waals surface area contributed by atoms with Crippen LogP contribution in [0.15, 0.2) is 12.1 Å². The zero-order valence-electron chi connectivity index (χ0n) is 9.13. The highest BCUT2D eigenvalue weighted by atomic mass is 16.5. The van der Waals surface area contributed by atoms with Gasteiger partial charge in [-0.2, -0.15) is 0 Å². The molecule has 4 nitrogen and oxygen atoms in total. The third-order valence-corrected chi connectivity index (χ3v) is 2.74. The number of methoxy groups -OCH3 is 1. The van der Waals surface area contributed by atoms with E-state index in [-0.39, 0.29) is 6.03 Å². The number of hydrogen-bond acceptors (Lipinski definition) is 2. The van der Waals surface area contributed by atoms with Gasteiger partial charge in [0.1, 0.15) is 5.75 Å². The zero-order valence-corrected chi connectivity index (χ0v) is 9.13. The van der Waals surface area contributed by atoms with Gasteiger partial charge >= 0.3 is 6.03 Å². The Morgan fingerprint density at radius 1 is 1.47 bits per heavy atom. The summed E-state index contributed by atoms with van der Waals surface area (Å²) in [7, 11) is 3.39. The lowest BCUT2D eigenvalue weighted by Gasteiger charge is -2.28. The van der Waals surface area contributed by atoms with Crippen LogP contribution >= 0.6 is 0 Å². The fraction of sp³-hybridized carbons (Fsp3) is 0.364. The molecule has 0 radical (unpaired) electrons. The molecule has 0 aliphatic carbocycles. The lowest BCUT2D eigenvalue weighted by molar-refractivity contribution is 0.246. The monoisotopic (exact) mass is 206 g/mol. The molecule has 0 aromatic heterocycles. The molecule has 0 bridgehead atoms. The average molecular weight is 206 g/mol.